The molecule has 1 amide bonds. The van der Waals surface area contributed by atoms with Gasteiger partial charge in [0.05, 0.1) is 6.20 Å². The lowest BCUT2D eigenvalue weighted by Gasteiger charge is -2.13. The van der Waals surface area contributed by atoms with Gasteiger partial charge in [-0.2, -0.15) is 5.10 Å². The Balaban J connectivity index is 1.86. The van der Waals surface area contributed by atoms with E-state index in [0.717, 1.165) is 22.7 Å². The Kier molecular flexibility index (Phi) is 5.63. The molecule has 0 spiro atoms. The molecule has 1 N–H and O–H groups in total. The number of nitrogens with zero attached hydrogens (tertiary/aromatic N) is 3. The lowest BCUT2D eigenvalue weighted by atomic mass is 10.1. The molecule has 0 bridgehead atoms. The second-order valence-electron chi connectivity index (χ2n) is 8.28. The quantitative estimate of drug-likeness (QED) is 0.518. The van der Waals surface area contributed by atoms with Crippen molar-refractivity contribution in [3.05, 3.63) is 75.7 Å². The number of aromatic nitrogens is 3. The Labute approximate surface area is 181 Å². The van der Waals surface area contributed by atoms with E-state index in [9.17, 15) is 9.59 Å². The molecule has 0 saturated heterocycles. The van der Waals surface area contributed by atoms with Gasteiger partial charge in [-0.1, -0.05) is 48.9 Å². The Hall–Kier alpha value is -3.41. The fourth-order valence-corrected chi connectivity index (χ4v) is 3.97. The molecule has 2 heterocycles. The van der Waals surface area contributed by atoms with E-state index < -0.39 is 0 Å². The Bertz CT molecular complexity index is 1330. The highest BCUT2D eigenvalue weighted by molar-refractivity contribution is 6.07. The summed E-state index contributed by atoms with van der Waals surface area (Å²) in [6.45, 7) is 8.59. The Morgan fingerprint density at radius 2 is 1.90 bits per heavy atom. The summed E-state index contributed by atoms with van der Waals surface area (Å²) in [4.78, 5) is 25.8. The lowest BCUT2D eigenvalue weighted by Crippen LogP contribution is -2.38. The van der Waals surface area contributed by atoms with Crippen molar-refractivity contribution in [2.45, 2.75) is 53.2 Å². The van der Waals surface area contributed by atoms with Crippen molar-refractivity contribution in [2.75, 3.05) is 0 Å². The third-order valence-corrected chi connectivity index (χ3v) is 5.92. The second kappa shape index (κ2) is 8.38. The van der Waals surface area contributed by atoms with Gasteiger partial charge in [-0.15, -0.1) is 0 Å². The minimum absolute atomic E-state index is 0.0580. The van der Waals surface area contributed by atoms with E-state index in [1.807, 2.05) is 38.1 Å². The van der Waals surface area contributed by atoms with Crippen LogP contribution in [0.15, 0.2) is 53.5 Å². The van der Waals surface area contributed by atoms with E-state index >= 15 is 0 Å². The summed E-state index contributed by atoms with van der Waals surface area (Å²) < 4.78 is 3.32. The number of fused-ring (bicyclic) bond motifs is 3. The van der Waals surface area contributed by atoms with Gasteiger partial charge >= 0.3 is 0 Å². The highest BCUT2D eigenvalue weighted by Crippen LogP contribution is 2.27. The van der Waals surface area contributed by atoms with Crippen LogP contribution in [-0.4, -0.2) is 26.3 Å². The molecule has 0 aliphatic heterocycles. The number of carbonyl (C=O) groups excluding carboxylic acids is 1. The lowest BCUT2D eigenvalue weighted by molar-refractivity contribution is -0.122. The van der Waals surface area contributed by atoms with Crippen LogP contribution in [0.2, 0.25) is 0 Å². The molecule has 2 aromatic carbocycles. The van der Waals surface area contributed by atoms with Crippen LogP contribution in [0.1, 0.15) is 37.0 Å². The van der Waals surface area contributed by atoms with Crippen LogP contribution in [0.25, 0.3) is 21.8 Å². The number of carbonyl (C=O) groups is 1. The average Bonchev–Trinajstić information content (AvgIpc) is 3.07. The molecule has 31 heavy (non-hydrogen) atoms. The first-order chi connectivity index (χ1) is 14.9. The first-order valence-electron chi connectivity index (χ1n) is 10.7. The Morgan fingerprint density at radius 1 is 1.13 bits per heavy atom. The zero-order valence-electron chi connectivity index (χ0n) is 18.5. The van der Waals surface area contributed by atoms with Gasteiger partial charge in [0.2, 0.25) is 5.91 Å². The molecule has 6 nitrogen and oxygen atoms in total. The fourth-order valence-electron chi connectivity index (χ4n) is 3.97. The number of aryl methyl sites for hydroxylation is 2. The number of rotatable bonds is 6. The molecule has 2 aromatic heterocycles. The summed E-state index contributed by atoms with van der Waals surface area (Å²) in [6, 6.07) is 14.4. The summed E-state index contributed by atoms with van der Waals surface area (Å²) in [7, 11) is 0. The highest BCUT2D eigenvalue weighted by atomic mass is 16.2. The summed E-state index contributed by atoms with van der Waals surface area (Å²) in [6.07, 6.45) is 2.53. The molecule has 0 aliphatic rings. The summed E-state index contributed by atoms with van der Waals surface area (Å²) >= 11 is 0. The maximum atomic E-state index is 13.5. The van der Waals surface area contributed by atoms with Crippen molar-refractivity contribution >= 4 is 27.7 Å². The summed E-state index contributed by atoms with van der Waals surface area (Å²) in [5.74, 6) is -0.208. The molecule has 0 fully saturated rings. The van der Waals surface area contributed by atoms with Crippen LogP contribution in [0.5, 0.6) is 0 Å². The van der Waals surface area contributed by atoms with E-state index in [0.29, 0.717) is 12.1 Å². The topological polar surface area (TPSA) is 68.9 Å². The van der Waals surface area contributed by atoms with Gasteiger partial charge in [-0.25, -0.2) is 4.68 Å². The van der Waals surface area contributed by atoms with Crippen molar-refractivity contribution in [2.24, 2.45) is 0 Å². The predicted octanol–water partition coefficient (Wildman–Crippen LogP) is 3.93. The van der Waals surface area contributed by atoms with Gasteiger partial charge in [-0.3, -0.25) is 9.59 Å². The van der Waals surface area contributed by atoms with E-state index in [4.69, 9.17) is 0 Å². The Morgan fingerprint density at radius 3 is 2.68 bits per heavy atom. The van der Waals surface area contributed by atoms with Crippen molar-refractivity contribution in [3.8, 4) is 0 Å². The number of hydrogen-bond donors (Lipinski definition) is 1. The third kappa shape index (κ3) is 3.98. The number of hydrogen-bond acceptors (Lipinski definition) is 3. The number of benzene rings is 2. The first kappa shape index (κ1) is 20.8. The molecular weight excluding hydrogens is 388 g/mol. The maximum Gasteiger partial charge on any atom is 0.291 e. The van der Waals surface area contributed by atoms with Gasteiger partial charge in [0.1, 0.15) is 12.1 Å². The van der Waals surface area contributed by atoms with Crippen LogP contribution in [0, 0.1) is 13.8 Å². The zero-order chi connectivity index (χ0) is 22.1. The first-order valence-corrected chi connectivity index (χ1v) is 10.7. The van der Waals surface area contributed by atoms with Crippen LogP contribution in [-0.2, 0) is 17.9 Å². The van der Waals surface area contributed by atoms with Crippen molar-refractivity contribution < 1.29 is 4.79 Å². The smallest absolute Gasteiger partial charge is 0.291 e. The SMILES string of the molecule is CC[C@@H](C)NC(=O)Cn1ncc2c3ccccc3n(Cc3cc(C)ccc3C)c2c1=O. The average molecular weight is 417 g/mol. The predicted molar refractivity (Wildman–Crippen MR) is 124 cm³/mol. The molecule has 160 valence electrons. The van der Waals surface area contributed by atoms with Gasteiger partial charge < -0.3 is 9.88 Å². The van der Waals surface area contributed by atoms with E-state index in [1.54, 1.807) is 6.20 Å². The van der Waals surface area contributed by atoms with Gasteiger partial charge in [0.25, 0.3) is 5.56 Å². The standard InChI is InChI=1S/C25H28N4O2/c1-5-18(4)27-23(30)15-29-25(31)24-21(13-26-29)20-8-6-7-9-22(20)28(24)14-19-12-16(2)10-11-17(19)3/h6-13,18H,5,14-15H2,1-4H3,(H,27,30)/t18-/m1/s1. The van der Waals surface area contributed by atoms with Crippen LogP contribution in [0.4, 0.5) is 0 Å². The van der Waals surface area contributed by atoms with Crippen molar-refractivity contribution in [1.29, 1.82) is 0 Å². The maximum absolute atomic E-state index is 13.5. The van der Waals surface area contributed by atoms with Crippen molar-refractivity contribution in [3.63, 3.8) is 0 Å². The molecular formula is C25H28N4O2. The molecule has 0 radical (unpaired) electrons. The van der Waals surface area contributed by atoms with Gasteiger partial charge in [0, 0.05) is 28.9 Å². The number of nitrogens with one attached hydrogen (secondary N) is 1. The normalized spacial score (nSPS) is 12.4. The van der Waals surface area contributed by atoms with Crippen LogP contribution in [0.3, 0.4) is 0 Å². The molecule has 4 aromatic rings. The molecule has 4 rings (SSSR count). The number of para-hydroxylation sites is 1. The largest absolute Gasteiger partial charge is 0.352 e. The summed E-state index contributed by atoms with van der Waals surface area (Å²) in [5.41, 5.74) is 4.84. The van der Waals surface area contributed by atoms with Gasteiger partial charge in [-0.05, 0) is 44.4 Å². The number of amides is 1. The van der Waals surface area contributed by atoms with Crippen LogP contribution >= 0.6 is 0 Å². The molecule has 0 aliphatic carbocycles. The van der Waals surface area contributed by atoms with Gasteiger partial charge in [0.15, 0.2) is 0 Å². The minimum atomic E-state index is -0.252. The van der Waals surface area contributed by atoms with E-state index in [1.165, 1.54) is 21.4 Å². The van der Waals surface area contributed by atoms with Crippen LogP contribution < -0.4 is 10.9 Å². The van der Waals surface area contributed by atoms with E-state index in [-0.39, 0.29) is 24.1 Å². The molecule has 0 unspecified atom stereocenters. The van der Waals surface area contributed by atoms with Crippen molar-refractivity contribution in [1.82, 2.24) is 19.7 Å². The molecule has 0 saturated carbocycles. The fraction of sp³-hybridized carbons (Fsp3) is 0.320. The second-order valence-corrected chi connectivity index (χ2v) is 8.28. The zero-order valence-corrected chi connectivity index (χ0v) is 18.5. The summed E-state index contributed by atoms with van der Waals surface area (Å²) in [5, 5.41) is 9.01. The highest BCUT2D eigenvalue weighted by Gasteiger charge is 2.18. The van der Waals surface area contributed by atoms with E-state index in [2.05, 4.69) is 47.0 Å². The third-order valence-electron chi connectivity index (χ3n) is 5.92. The minimum Gasteiger partial charge on any atom is -0.352 e. The molecule has 1 atom stereocenters. The molecule has 6 heteroatoms. The monoisotopic (exact) mass is 416 g/mol.